The lowest BCUT2D eigenvalue weighted by Gasteiger charge is -2.04. The van der Waals surface area contributed by atoms with Crippen molar-refractivity contribution in [1.29, 1.82) is 0 Å². The van der Waals surface area contributed by atoms with Crippen molar-refractivity contribution in [3.05, 3.63) is 22.0 Å². The summed E-state index contributed by atoms with van der Waals surface area (Å²) in [6.45, 7) is 1.22. The number of hydrogen-bond acceptors (Lipinski definition) is 2. The Morgan fingerprint density at radius 1 is 1.60 bits per heavy atom. The highest BCUT2D eigenvalue weighted by Crippen LogP contribution is 2.11. The number of hydrogen-bond donors (Lipinski definition) is 1. The van der Waals surface area contributed by atoms with Gasteiger partial charge in [0.15, 0.2) is 0 Å². The van der Waals surface area contributed by atoms with Crippen LogP contribution in [0.3, 0.4) is 0 Å². The molecule has 1 heterocycles. The van der Waals surface area contributed by atoms with Crippen molar-refractivity contribution in [3.8, 4) is 0 Å². The van der Waals surface area contributed by atoms with Crippen molar-refractivity contribution in [2.45, 2.75) is 0 Å². The van der Waals surface area contributed by atoms with E-state index in [0.717, 1.165) is 5.76 Å². The fraction of sp³-hybridized carbons (Fsp3) is 0.286. The molecule has 1 aliphatic rings. The van der Waals surface area contributed by atoms with Crippen LogP contribution < -0.4 is 5.73 Å². The Balaban J connectivity index is 2.35. The first-order valence-electron chi connectivity index (χ1n) is 3.08. The molecule has 0 aliphatic carbocycles. The fourth-order valence-electron chi connectivity index (χ4n) is 0.564. The second-order valence-electron chi connectivity index (χ2n) is 1.76. The molecule has 1 aliphatic heterocycles. The highest BCUT2D eigenvalue weighted by molar-refractivity contribution is 14.2. The molecule has 0 aromatic rings. The summed E-state index contributed by atoms with van der Waals surface area (Å²) in [4.78, 5) is 0. The Kier molecular flexibility index (Phi) is 3.67. The summed E-state index contributed by atoms with van der Waals surface area (Å²) in [5, 5.41) is 0. The van der Waals surface area contributed by atoms with Crippen molar-refractivity contribution in [2.75, 3.05) is 13.2 Å². The van der Waals surface area contributed by atoms with Crippen molar-refractivity contribution in [2.24, 2.45) is 5.73 Å². The summed E-state index contributed by atoms with van der Waals surface area (Å²) in [6, 6.07) is 0. The Morgan fingerprint density at radius 3 is 3.10 bits per heavy atom. The maximum atomic E-state index is 5.29. The molecule has 0 unspecified atom stereocenters. The fourth-order valence-corrected chi connectivity index (χ4v) is 1.96. The van der Waals surface area contributed by atoms with E-state index in [4.69, 9.17) is 10.5 Å². The largest absolute Gasteiger partial charge is 0.492 e. The molecule has 2 nitrogen and oxygen atoms in total. The van der Waals surface area contributed by atoms with Gasteiger partial charge in [0, 0.05) is 10.6 Å². The van der Waals surface area contributed by atoms with Crippen molar-refractivity contribution < 1.29 is 4.74 Å². The SMILES string of the molecule is NCCOC1=CI=CC=C1. The van der Waals surface area contributed by atoms with Crippen LogP contribution in [0, 0.1) is 0 Å². The van der Waals surface area contributed by atoms with E-state index in [1.165, 1.54) is 0 Å². The van der Waals surface area contributed by atoms with Crippen LogP contribution in [0.4, 0.5) is 0 Å². The minimum absolute atomic E-state index is 0.117. The van der Waals surface area contributed by atoms with E-state index in [1.54, 1.807) is 0 Å². The van der Waals surface area contributed by atoms with E-state index in [0.29, 0.717) is 13.2 Å². The average Bonchev–Trinajstić information content (AvgIpc) is 2.03. The van der Waals surface area contributed by atoms with Gasteiger partial charge in [-0.1, -0.05) is 26.8 Å². The Hall–Kier alpha value is -0.160. The van der Waals surface area contributed by atoms with Gasteiger partial charge in [-0.15, -0.1) is 0 Å². The first-order chi connectivity index (χ1) is 4.93. The first kappa shape index (κ1) is 7.94. The van der Waals surface area contributed by atoms with Crippen LogP contribution in [-0.4, -0.2) is 17.2 Å². The van der Waals surface area contributed by atoms with Gasteiger partial charge in [-0.3, -0.25) is 0 Å². The smallest absolute Gasteiger partial charge is 0.125 e. The Bertz CT molecular complexity index is 184. The second-order valence-corrected chi connectivity index (χ2v) is 3.82. The van der Waals surface area contributed by atoms with Crippen molar-refractivity contribution in [1.82, 2.24) is 0 Å². The first-order valence-corrected chi connectivity index (χ1v) is 5.57. The molecule has 0 amide bonds. The van der Waals surface area contributed by atoms with Gasteiger partial charge >= 0.3 is 0 Å². The van der Waals surface area contributed by atoms with E-state index in [9.17, 15) is 0 Å². The zero-order chi connectivity index (χ0) is 7.23. The summed E-state index contributed by atoms with van der Waals surface area (Å²) in [7, 11) is 0. The van der Waals surface area contributed by atoms with Gasteiger partial charge in [0.2, 0.25) is 0 Å². The maximum absolute atomic E-state index is 5.29. The van der Waals surface area contributed by atoms with Crippen LogP contribution in [0.2, 0.25) is 0 Å². The highest BCUT2D eigenvalue weighted by atomic mass is 127. The number of allylic oxidation sites excluding steroid dienone is 2. The van der Waals surface area contributed by atoms with Gasteiger partial charge in [-0.05, 0) is 10.1 Å². The molecule has 10 heavy (non-hydrogen) atoms. The zero-order valence-corrected chi connectivity index (χ0v) is 7.74. The Morgan fingerprint density at radius 2 is 2.50 bits per heavy atom. The average molecular weight is 251 g/mol. The molecule has 0 radical (unpaired) electrons. The highest BCUT2D eigenvalue weighted by Gasteiger charge is 1.91. The van der Waals surface area contributed by atoms with Crippen LogP contribution in [0.1, 0.15) is 0 Å². The van der Waals surface area contributed by atoms with Gasteiger partial charge in [0.1, 0.15) is 12.4 Å². The molecular weight excluding hydrogens is 241 g/mol. The molecule has 56 valence electrons. The molecule has 0 saturated carbocycles. The summed E-state index contributed by atoms with van der Waals surface area (Å²) in [6.07, 6.45) is 4.01. The maximum Gasteiger partial charge on any atom is 0.125 e. The summed E-state index contributed by atoms with van der Waals surface area (Å²) >= 11 is 0.117. The van der Waals surface area contributed by atoms with Gasteiger partial charge in [0.05, 0.1) is 0 Å². The van der Waals surface area contributed by atoms with E-state index in [1.807, 2.05) is 12.2 Å². The standard InChI is InChI=1S/C7H10INO/c9-4-5-10-7-2-1-3-8-6-7/h1-3,6H,4-5,9H2. The molecule has 0 aromatic carbocycles. The molecule has 0 bridgehead atoms. The predicted molar refractivity (Wildman–Crippen MR) is 52.3 cm³/mol. The monoisotopic (exact) mass is 251 g/mol. The van der Waals surface area contributed by atoms with Crippen LogP contribution in [0.5, 0.6) is 0 Å². The molecule has 1 rings (SSSR count). The summed E-state index contributed by atoms with van der Waals surface area (Å²) < 4.78 is 9.62. The van der Waals surface area contributed by atoms with Gasteiger partial charge < -0.3 is 10.5 Å². The number of nitrogens with two attached hydrogens (primary N) is 1. The lowest BCUT2D eigenvalue weighted by Crippen LogP contribution is -2.07. The quantitative estimate of drug-likeness (QED) is 0.763. The summed E-state index contributed by atoms with van der Waals surface area (Å²) in [5.41, 5.74) is 5.27. The van der Waals surface area contributed by atoms with Crippen LogP contribution in [0.15, 0.2) is 22.0 Å². The van der Waals surface area contributed by atoms with E-state index in [2.05, 4.69) is 8.09 Å². The van der Waals surface area contributed by atoms with Gasteiger partial charge in [-0.2, -0.15) is 0 Å². The zero-order valence-electron chi connectivity index (χ0n) is 5.59. The third-order valence-electron chi connectivity index (χ3n) is 0.963. The second kappa shape index (κ2) is 4.62. The van der Waals surface area contributed by atoms with E-state index >= 15 is 0 Å². The van der Waals surface area contributed by atoms with Crippen LogP contribution in [0.25, 0.3) is 0 Å². The third kappa shape index (κ3) is 2.62. The lowest BCUT2D eigenvalue weighted by molar-refractivity contribution is 0.235. The number of ether oxygens (including phenoxy) is 1. The van der Waals surface area contributed by atoms with E-state index < -0.39 is 0 Å². The van der Waals surface area contributed by atoms with E-state index in [-0.39, 0.29) is 20.7 Å². The molecule has 3 heteroatoms. The molecule has 0 aromatic heterocycles. The topological polar surface area (TPSA) is 35.2 Å². The number of rotatable bonds is 3. The van der Waals surface area contributed by atoms with Gasteiger partial charge in [0.25, 0.3) is 0 Å². The molecule has 0 fully saturated rings. The third-order valence-corrected chi connectivity index (χ3v) is 2.77. The van der Waals surface area contributed by atoms with Crippen molar-refractivity contribution in [3.63, 3.8) is 0 Å². The molecule has 0 spiro atoms. The molecule has 0 atom stereocenters. The Labute approximate surface area is 70.5 Å². The van der Waals surface area contributed by atoms with Crippen LogP contribution in [-0.2, 0) is 4.74 Å². The minimum atomic E-state index is 0.117. The lowest BCUT2D eigenvalue weighted by atomic mass is 10.5. The number of halogens is 1. The summed E-state index contributed by atoms with van der Waals surface area (Å²) in [5.74, 6) is 0.987. The minimum Gasteiger partial charge on any atom is -0.492 e. The molecule has 2 N–H and O–H groups in total. The molecular formula is C7H10INO. The molecule has 0 saturated heterocycles. The van der Waals surface area contributed by atoms with Crippen LogP contribution >= 0.6 is 20.7 Å². The predicted octanol–water partition coefficient (Wildman–Crippen LogP) is 1.15. The normalized spacial score (nSPS) is 15.9. The van der Waals surface area contributed by atoms with Gasteiger partial charge in [-0.25, -0.2) is 0 Å². The van der Waals surface area contributed by atoms with Crippen molar-refractivity contribution >= 4 is 24.7 Å².